The zero-order chi connectivity index (χ0) is 18.9. The first kappa shape index (κ1) is 17.1. The third-order valence-corrected chi connectivity index (χ3v) is 5.38. The van der Waals surface area contributed by atoms with Gasteiger partial charge in [-0.1, -0.05) is 42.5 Å². The van der Waals surface area contributed by atoms with E-state index in [0.29, 0.717) is 12.3 Å². The van der Waals surface area contributed by atoms with Gasteiger partial charge in [0.05, 0.1) is 12.2 Å². The second kappa shape index (κ2) is 7.18. The molecule has 7 nitrogen and oxygen atoms in total. The second-order valence-electron chi connectivity index (χ2n) is 7.26. The zero-order valence-electron chi connectivity index (χ0n) is 15.6. The minimum absolute atomic E-state index is 0.139. The summed E-state index contributed by atoms with van der Waals surface area (Å²) in [6.45, 7) is 5.30. The molecular formula is C21H22N6O. The summed E-state index contributed by atoms with van der Waals surface area (Å²) >= 11 is 0. The predicted molar refractivity (Wildman–Crippen MR) is 108 cm³/mol. The number of rotatable bonds is 4. The molecule has 3 heterocycles. The Morgan fingerprint density at radius 2 is 1.57 bits per heavy atom. The maximum absolute atomic E-state index is 12.7. The van der Waals surface area contributed by atoms with E-state index in [-0.39, 0.29) is 5.69 Å². The number of nitrogens with zero attached hydrogens (tertiary/aromatic N) is 6. The highest BCUT2D eigenvalue weighted by molar-refractivity contribution is 5.90. The van der Waals surface area contributed by atoms with Gasteiger partial charge in [0.1, 0.15) is 6.33 Å². The first-order valence-corrected chi connectivity index (χ1v) is 9.59. The van der Waals surface area contributed by atoms with Crippen molar-refractivity contribution in [1.82, 2.24) is 29.0 Å². The highest BCUT2D eigenvalue weighted by atomic mass is 16.2. The Labute approximate surface area is 162 Å². The molecule has 1 aliphatic heterocycles. The summed E-state index contributed by atoms with van der Waals surface area (Å²) in [4.78, 5) is 21.8. The van der Waals surface area contributed by atoms with E-state index in [4.69, 9.17) is 0 Å². The van der Waals surface area contributed by atoms with Gasteiger partial charge >= 0.3 is 5.69 Å². The number of aromatic nitrogens is 4. The van der Waals surface area contributed by atoms with E-state index < -0.39 is 0 Å². The summed E-state index contributed by atoms with van der Waals surface area (Å²) in [5, 5.41) is 5.49. The van der Waals surface area contributed by atoms with Crippen molar-refractivity contribution in [3.63, 3.8) is 0 Å². The van der Waals surface area contributed by atoms with Crippen molar-refractivity contribution in [2.24, 2.45) is 0 Å². The maximum atomic E-state index is 12.7. The van der Waals surface area contributed by atoms with Gasteiger partial charge in [-0.15, -0.1) is 5.10 Å². The van der Waals surface area contributed by atoms with Crippen LogP contribution in [0, 0.1) is 0 Å². The topological polar surface area (TPSA) is 58.7 Å². The quantitative estimate of drug-likeness (QED) is 0.545. The molecule has 142 valence electrons. The van der Waals surface area contributed by atoms with Crippen LogP contribution < -0.4 is 5.69 Å². The lowest BCUT2D eigenvalue weighted by Crippen LogP contribution is -2.47. The fourth-order valence-corrected chi connectivity index (χ4v) is 3.82. The lowest BCUT2D eigenvalue weighted by atomic mass is 10.2. The second-order valence-corrected chi connectivity index (χ2v) is 7.26. The summed E-state index contributed by atoms with van der Waals surface area (Å²) in [5.41, 5.74) is 2.71. The van der Waals surface area contributed by atoms with Crippen LogP contribution in [0.5, 0.6) is 0 Å². The van der Waals surface area contributed by atoms with Crippen molar-refractivity contribution in [1.29, 1.82) is 0 Å². The number of hydrogen-bond donors (Lipinski definition) is 0. The highest BCUT2D eigenvalue weighted by Gasteiger charge is 2.19. The van der Waals surface area contributed by atoms with Crippen LogP contribution in [0.15, 0.2) is 65.7 Å². The number of hydrogen-bond acceptors (Lipinski definition) is 5. The molecule has 0 N–H and O–H groups in total. The Hall–Kier alpha value is -3.03. The Balaban J connectivity index is 1.30. The number of para-hydroxylation sites is 1. The van der Waals surface area contributed by atoms with Crippen molar-refractivity contribution in [3.05, 3.63) is 77.0 Å². The van der Waals surface area contributed by atoms with Crippen molar-refractivity contribution in [2.75, 3.05) is 26.2 Å². The Kier molecular flexibility index (Phi) is 4.38. The molecular weight excluding hydrogens is 352 g/mol. The normalized spacial score (nSPS) is 16.1. The van der Waals surface area contributed by atoms with E-state index >= 15 is 0 Å². The van der Waals surface area contributed by atoms with Crippen LogP contribution in [-0.2, 0) is 13.2 Å². The van der Waals surface area contributed by atoms with Gasteiger partial charge in [-0.2, -0.15) is 4.68 Å². The van der Waals surface area contributed by atoms with Gasteiger partial charge in [0, 0.05) is 38.1 Å². The van der Waals surface area contributed by atoms with Crippen LogP contribution in [0.2, 0.25) is 0 Å². The molecule has 0 atom stereocenters. The standard InChI is InChI=1S/C21H22N6O/c28-21-26-15-22-19-9-5-4-8-18(19)20(26)23-27(21)16-25-12-10-24(11-13-25)14-17-6-2-1-3-7-17/h1-9,15H,10-14,16H2. The van der Waals surface area contributed by atoms with E-state index in [2.05, 4.69) is 44.1 Å². The molecule has 0 amide bonds. The van der Waals surface area contributed by atoms with Crippen LogP contribution in [0.1, 0.15) is 5.56 Å². The molecule has 2 aromatic heterocycles. The van der Waals surface area contributed by atoms with Gasteiger partial charge in [-0.05, 0) is 17.7 Å². The Morgan fingerprint density at radius 3 is 2.39 bits per heavy atom. The summed E-state index contributed by atoms with van der Waals surface area (Å²) in [5.74, 6) is 0. The molecule has 0 saturated carbocycles. The third kappa shape index (κ3) is 3.19. The smallest absolute Gasteiger partial charge is 0.297 e. The van der Waals surface area contributed by atoms with Crippen molar-refractivity contribution >= 4 is 16.6 Å². The predicted octanol–water partition coefficient (Wildman–Crippen LogP) is 1.82. The third-order valence-electron chi connectivity index (χ3n) is 5.38. The molecule has 7 heteroatoms. The zero-order valence-corrected chi connectivity index (χ0v) is 15.6. The van der Waals surface area contributed by atoms with Crippen molar-refractivity contribution in [2.45, 2.75) is 13.2 Å². The minimum atomic E-state index is -0.139. The summed E-state index contributed by atoms with van der Waals surface area (Å²) in [7, 11) is 0. The summed E-state index contributed by atoms with van der Waals surface area (Å²) < 4.78 is 3.09. The fourth-order valence-electron chi connectivity index (χ4n) is 3.82. The maximum Gasteiger partial charge on any atom is 0.352 e. The molecule has 0 unspecified atom stereocenters. The van der Waals surface area contributed by atoms with Crippen molar-refractivity contribution in [3.8, 4) is 0 Å². The highest BCUT2D eigenvalue weighted by Crippen LogP contribution is 2.15. The largest absolute Gasteiger partial charge is 0.352 e. The van der Waals surface area contributed by atoms with Crippen LogP contribution in [-0.4, -0.2) is 55.1 Å². The van der Waals surface area contributed by atoms with Crippen LogP contribution in [0.3, 0.4) is 0 Å². The molecule has 0 radical (unpaired) electrons. The van der Waals surface area contributed by atoms with E-state index in [9.17, 15) is 4.79 Å². The molecule has 4 aromatic rings. The molecule has 1 fully saturated rings. The Bertz CT molecular complexity index is 1160. The molecule has 28 heavy (non-hydrogen) atoms. The van der Waals surface area contributed by atoms with E-state index in [1.807, 2.05) is 30.3 Å². The SMILES string of the molecule is O=c1n(CN2CCN(Cc3ccccc3)CC2)nc2c3ccccc3ncn12. The minimum Gasteiger partial charge on any atom is -0.297 e. The van der Waals surface area contributed by atoms with Crippen LogP contribution in [0.4, 0.5) is 0 Å². The molecule has 2 aromatic carbocycles. The van der Waals surface area contributed by atoms with E-state index in [0.717, 1.165) is 43.6 Å². The first-order chi connectivity index (χ1) is 13.8. The van der Waals surface area contributed by atoms with Gasteiger partial charge in [0.2, 0.25) is 0 Å². The number of benzene rings is 2. The van der Waals surface area contributed by atoms with Crippen molar-refractivity contribution < 1.29 is 0 Å². The van der Waals surface area contributed by atoms with Crippen LogP contribution in [0.25, 0.3) is 16.6 Å². The summed E-state index contributed by atoms with van der Waals surface area (Å²) in [6.07, 6.45) is 1.57. The fraction of sp³-hybridized carbons (Fsp3) is 0.286. The average molecular weight is 374 g/mol. The van der Waals surface area contributed by atoms with Gasteiger partial charge in [0.15, 0.2) is 5.65 Å². The lowest BCUT2D eigenvalue weighted by molar-refractivity contribution is 0.0975. The summed E-state index contributed by atoms with van der Waals surface area (Å²) in [6, 6.07) is 18.3. The average Bonchev–Trinajstić information content (AvgIpc) is 3.06. The van der Waals surface area contributed by atoms with Gasteiger partial charge in [-0.3, -0.25) is 9.80 Å². The van der Waals surface area contributed by atoms with E-state index in [1.54, 1.807) is 11.0 Å². The monoisotopic (exact) mass is 374 g/mol. The van der Waals surface area contributed by atoms with Crippen LogP contribution >= 0.6 is 0 Å². The lowest BCUT2D eigenvalue weighted by Gasteiger charge is -2.34. The Morgan fingerprint density at radius 1 is 0.857 bits per heavy atom. The molecule has 0 spiro atoms. The van der Waals surface area contributed by atoms with Gasteiger partial charge < -0.3 is 0 Å². The molecule has 5 rings (SSSR count). The number of fused-ring (bicyclic) bond motifs is 3. The molecule has 1 saturated heterocycles. The molecule has 0 bridgehead atoms. The molecule has 1 aliphatic rings. The van der Waals surface area contributed by atoms with E-state index in [1.165, 1.54) is 9.96 Å². The molecule has 0 aliphatic carbocycles. The van der Waals surface area contributed by atoms with Gasteiger partial charge in [-0.25, -0.2) is 14.2 Å². The number of piperazine rings is 1. The first-order valence-electron chi connectivity index (χ1n) is 9.59. The van der Waals surface area contributed by atoms with Gasteiger partial charge in [0.25, 0.3) is 0 Å².